The molecule has 0 fully saturated rings. The van der Waals surface area contributed by atoms with Gasteiger partial charge in [-0.2, -0.15) is 0 Å². The van der Waals surface area contributed by atoms with Crippen LogP contribution in [0.3, 0.4) is 0 Å². The van der Waals surface area contributed by atoms with Crippen LogP contribution in [-0.4, -0.2) is 37.6 Å². The highest BCUT2D eigenvalue weighted by Gasteiger charge is 2.15. The molecule has 0 saturated heterocycles. The number of para-hydroxylation sites is 1. The summed E-state index contributed by atoms with van der Waals surface area (Å²) in [6.07, 6.45) is 3.60. The number of hydrogen-bond acceptors (Lipinski definition) is 5. The molecule has 1 heterocycles. The Hall–Kier alpha value is -2.89. The van der Waals surface area contributed by atoms with Crippen LogP contribution in [0.5, 0.6) is 11.5 Å². The van der Waals surface area contributed by atoms with Crippen molar-refractivity contribution in [2.24, 2.45) is 0 Å². The Morgan fingerprint density at radius 2 is 1.90 bits per heavy atom. The van der Waals surface area contributed by atoms with Gasteiger partial charge >= 0.3 is 0 Å². The lowest BCUT2D eigenvalue weighted by Gasteiger charge is -2.25. The molecule has 29 heavy (non-hydrogen) atoms. The summed E-state index contributed by atoms with van der Waals surface area (Å²) in [5.41, 5.74) is 3.42. The average Bonchev–Trinajstić information content (AvgIpc) is 2.76. The summed E-state index contributed by atoms with van der Waals surface area (Å²) in [6.45, 7) is 2.06. The van der Waals surface area contributed by atoms with Crippen LogP contribution < -0.4 is 14.8 Å². The van der Waals surface area contributed by atoms with E-state index in [-0.39, 0.29) is 6.04 Å². The van der Waals surface area contributed by atoms with Gasteiger partial charge in [-0.1, -0.05) is 36.4 Å². The second-order valence-corrected chi connectivity index (χ2v) is 7.14. The van der Waals surface area contributed by atoms with Gasteiger partial charge in [-0.05, 0) is 43.9 Å². The smallest absolute Gasteiger partial charge is 0.124 e. The van der Waals surface area contributed by atoms with Crippen molar-refractivity contribution in [3.05, 3.63) is 89.7 Å². The Balaban J connectivity index is 1.61. The molecule has 0 aliphatic carbocycles. The second-order valence-electron chi connectivity index (χ2n) is 7.14. The summed E-state index contributed by atoms with van der Waals surface area (Å²) in [6, 6.07) is 20.6. The second kappa shape index (κ2) is 10.6. The predicted molar refractivity (Wildman–Crippen MR) is 116 cm³/mol. The van der Waals surface area contributed by atoms with E-state index in [1.54, 1.807) is 13.3 Å². The Bertz CT molecular complexity index is 884. The average molecular weight is 392 g/mol. The number of methoxy groups -OCH3 is 1. The van der Waals surface area contributed by atoms with E-state index in [9.17, 15) is 0 Å². The quantitative estimate of drug-likeness (QED) is 0.565. The summed E-state index contributed by atoms with van der Waals surface area (Å²) in [5, 5.41) is 3.58. The fourth-order valence-corrected chi connectivity index (χ4v) is 3.23. The number of rotatable bonds is 10. The largest absolute Gasteiger partial charge is 0.497 e. The third kappa shape index (κ3) is 6.04. The van der Waals surface area contributed by atoms with E-state index in [1.165, 1.54) is 5.56 Å². The van der Waals surface area contributed by atoms with Crippen LogP contribution in [0.15, 0.2) is 73.1 Å². The molecular weight excluding hydrogens is 362 g/mol. The van der Waals surface area contributed by atoms with E-state index in [1.807, 2.05) is 48.7 Å². The third-order valence-corrected chi connectivity index (χ3v) is 4.84. The van der Waals surface area contributed by atoms with Gasteiger partial charge in [0.2, 0.25) is 0 Å². The SMILES string of the molecule is COc1cccc(C(CNCc2ccccc2OCc2cccnc2)N(C)C)c1. The van der Waals surface area contributed by atoms with Gasteiger partial charge in [0.25, 0.3) is 0 Å². The van der Waals surface area contributed by atoms with Crippen LogP contribution in [0, 0.1) is 0 Å². The van der Waals surface area contributed by atoms with Crippen molar-refractivity contribution >= 4 is 0 Å². The van der Waals surface area contributed by atoms with Crippen LogP contribution in [0.1, 0.15) is 22.7 Å². The first-order chi connectivity index (χ1) is 14.2. The van der Waals surface area contributed by atoms with Gasteiger partial charge in [0.05, 0.1) is 7.11 Å². The lowest BCUT2D eigenvalue weighted by atomic mass is 10.1. The molecule has 1 aromatic heterocycles. The Morgan fingerprint density at radius 1 is 1.03 bits per heavy atom. The van der Waals surface area contributed by atoms with Crippen LogP contribution in [-0.2, 0) is 13.2 Å². The van der Waals surface area contributed by atoms with Gasteiger partial charge in [-0.25, -0.2) is 0 Å². The van der Waals surface area contributed by atoms with Crippen LogP contribution >= 0.6 is 0 Å². The molecule has 1 atom stereocenters. The molecule has 5 nitrogen and oxygen atoms in total. The zero-order valence-corrected chi connectivity index (χ0v) is 17.3. The van der Waals surface area contributed by atoms with E-state index in [4.69, 9.17) is 9.47 Å². The molecule has 0 spiro atoms. The predicted octanol–water partition coefficient (Wildman–Crippen LogP) is 4.06. The van der Waals surface area contributed by atoms with E-state index >= 15 is 0 Å². The molecule has 152 valence electrons. The Kier molecular flexibility index (Phi) is 7.61. The molecule has 5 heteroatoms. The first kappa shape index (κ1) is 20.8. The highest BCUT2D eigenvalue weighted by molar-refractivity contribution is 5.34. The number of nitrogens with zero attached hydrogens (tertiary/aromatic N) is 2. The molecule has 0 aliphatic heterocycles. The van der Waals surface area contributed by atoms with Crippen molar-refractivity contribution in [1.29, 1.82) is 0 Å². The number of benzene rings is 2. The minimum atomic E-state index is 0.244. The van der Waals surface area contributed by atoms with Crippen molar-refractivity contribution in [1.82, 2.24) is 15.2 Å². The van der Waals surface area contributed by atoms with Gasteiger partial charge in [-0.3, -0.25) is 4.98 Å². The minimum absolute atomic E-state index is 0.244. The number of hydrogen-bond donors (Lipinski definition) is 1. The van der Waals surface area contributed by atoms with E-state index in [0.29, 0.717) is 6.61 Å². The maximum Gasteiger partial charge on any atom is 0.124 e. The van der Waals surface area contributed by atoms with Crippen molar-refractivity contribution < 1.29 is 9.47 Å². The first-order valence-electron chi connectivity index (χ1n) is 9.78. The maximum absolute atomic E-state index is 6.04. The van der Waals surface area contributed by atoms with Crippen molar-refractivity contribution in [2.45, 2.75) is 19.2 Å². The monoisotopic (exact) mass is 391 g/mol. The fraction of sp³-hybridized carbons (Fsp3) is 0.292. The number of ether oxygens (including phenoxy) is 2. The summed E-state index contributed by atoms with van der Waals surface area (Å²) in [5.74, 6) is 1.77. The van der Waals surface area contributed by atoms with E-state index in [2.05, 4.69) is 47.5 Å². The summed E-state index contributed by atoms with van der Waals surface area (Å²) < 4.78 is 11.4. The van der Waals surface area contributed by atoms with E-state index in [0.717, 1.165) is 35.7 Å². The van der Waals surface area contributed by atoms with Gasteiger partial charge < -0.3 is 19.7 Å². The van der Waals surface area contributed by atoms with Crippen LogP contribution in [0.4, 0.5) is 0 Å². The molecule has 0 radical (unpaired) electrons. The molecule has 2 aromatic carbocycles. The van der Waals surface area contributed by atoms with Gasteiger partial charge in [0.15, 0.2) is 0 Å². The lowest BCUT2D eigenvalue weighted by molar-refractivity contribution is 0.284. The summed E-state index contributed by atoms with van der Waals surface area (Å²) >= 11 is 0. The number of pyridine rings is 1. The fourth-order valence-electron chi connectivity index (χ4n) is 3.23. The molecular formula is C24H29N3O2. The Labute approximate surface area is 173 Å². The van der Waals surface area contributed by atoms with Gasteiger partial charge in [0.1, 0.15) is 18.1 Å². The number of likely N-dealkylation sites (N-methyl/N-ethyl adjacent to an activating group) is 1. The summed E-state index contributed by atoms with van der Waals surface area (Å²) in [7, 11) is 5.89. The zero-order valence-electron chi connectivity index (χ0n) is 17.3. The maximum atomic E-state index is 6.04. The Morgan fingerprint density at radius 3 is 2.66 bits per heavy atom. The third-order valence-electron chi connectivity index (χ3n) is 4.84. The number of nitrogens with one attached hydrogen (secondary N) is 1. The van der Waals surface area contributed by atoms with Crippen molar-refractivity contribution in [3.8, 4) is 11.5 Å². The standard InChI is InChI=1S/C24H29N3O2/c1-27(2)23(20-10-6-11-22(14-20)28-3)17-26-16-21-9-4-5-12-24(21)29-18-19-8-7-13-25-15-19/h4-15,23,26H,16-18H2,1-3H3. The minimum Gasteiger partial charge on any atom is -0.497 e. The normalized spacial score (nSPS) is 12.0. The highest BCUT2D eigenvalue weighted by Crippen LogP contribution is 2.23. The first-order valence-corrected chi connectivity index (χ1v) is 9.78. The molecule has 0 saturated carbocycles. The van der Waals surface area contributed by atoms with Crippen molar-refractivity contribution in [3.63, 3.8) is 0 Å². The zero-order chi connectivity index (χ0) is 20.5. The van der Waals surface area contributed by atoms with Gasteiger partial charge in [-0.15, -0.1) is 0 Å². The lowest BCUT2D eigenvalue weighted by Crippen LogP contribution is -2.30. The topological polar surface area (TPSA) is 46.6 Å². The van der Waals surface area contributed by atoms with Gasteiger partial charge in [0, 0.05) is 42.7 Å². The molecule has 0 bridgehead atoms. The van der Waals surface area contributed by atoms with Crippen LogP contribution in [0.2, 0.25) is 0 Å². The van der Waals surface area contributed by atoms with E-state index < -0.39 is 0 Å². The highest BCUT2D eigenvalue weighted by atomic mass is 16.5. The molecule has 0 amide bonds. The molecule has 0 aliphatic rings. The molecule has 1 unspecified atom stereocenters. The van der Waals surface area contributed by atoms with Crippen LogP contribution in [0.25, 0.3) is 0 Å². The molecule has 1 N–H and O–H groups in total. The molecule has 3 aromatic rings. The summed E-state index contributed by atoms with van der Waals surface area (Å²) in [4.78, 5) is 6.35. The molecule has 3 rings (SSSR count). The number of aromatic nitrogens is 1. The van der Waals surface area contributed by atoms with Crippen molar-refractivity contribution in [2.75, 3.05) is 27.7 Å².